The minimum atomic E-state index is -0.726. The first-order valence-electron chi connectivity index (χ1n) is 10.3. The van der Waals surface area contributed by atoms with Crippen LogP contribution in [0.15, 0.2) is 60.0 Å². The van der Waals surface area contributed by atoms with Crippen molar-refractivity contribution in [1.29, 1.82) is 0 Å². The van der Waals surface area contributed by atoms with Crippen LogP contribution in [0.2, 0.25) is 0 Å². The number of carbonyl (C=O) groups excluding carboxylic acids is 3. The number of amides is 1. The van der Waals surface area contributed by atoms with E-state index in [0.29, 0.717) is 29.7 Å². The number of rotatable bonds is 6. The molecule has 2 heterocycles. The van der Waals surface area contributed by atoms with Gasteiger partial charge in [0.2, 0.25) is 0 Å². The molecule has 0 aliphatic carbocycles. The summed E-state index contributed by atoms with van der Waals surface area (Å²) in [6.45, 7) is 3.41. The first-order valence-corrected chi connectivity index (χ1v) is 10.3. The van der Waals surface area contributed by atoms with Crippen LogP contribution >= 0.6 is 0 Å². The zero-order valence-corrected chi connectivity index (χ0v) is 18.1. The summed E-state index contributed by atoms with van der Waals surface area (Å²) in [7, 11) is 1.31. The Hall–Kier alpha value is -3.87. The molecule has 0 radical (unpaired) electrons. The number of aromatic amines is 1. The summed E-state index contributed by atoms with van der Waals surface area (Å²) >= 11 is 0. The van der Waals surface area contributed by atoms with Gasteiger partial charge >= 0.3 is 5.97 Å². The third-order valence-corrected chi connectivity index (χ3v) is 5.95. The van der Waals surface area contributed by atoms with Crippen molar-refractivity contribution in [2.75, 3.05) is 13.7 Å². The lowest BCUT2D eigenvalue weighted by Gasteiger charge is -2.27. The molecule has 7 nitrogen and oxygen atoms in total. The highest BCUT2D eigenvalue weighted by Gasteiger charge is 2.42. The number of aliphatic hydroxyl groups excluding tert-OH is 1. The molecule has 2 aromatic carbocycles. The number of methoxy groups -OCH3 is 1. The largest absolute Gasteiger partial charge is 0.503 e. The molecular formula is C25H24N2O5. The van der Waals surface area contributed by atoms with Gasteiger partial charge in [-0.05, 0) is 49.1 Å². The lowest BCUT2D eigenvalue weighted by molar-refractivity contribution is -0.129. The Morgan fingerprint density at radius 3 is 2.62 bits per heavy atom. The maximum absolute atomic E-state index is 12.9. The molecule has 0 fully saturated rings. The predicted molar refractivity (Wildman–Crippen MR) is 119 cm³/mol. The fourth-order valence-electron chi connectivity index (χ4n) is 4.37. The molecule has 0 saturated heterocycles. The lowest BCUT2D eigenvalue weighted by atomic mass is 9.93. The van der Waals surface area contributed by atoms with E-state index in [4.69, 9.17) is 4.74 Å². The number of fused-ring (bicyclic) bond motifs is 1. The number of hydrogen-bond acceptors (Lipinski definition) is 5. The number of esters is 1. The highest BCUT2D eigenvalue weighted by atomic mass is 16.5. The molecule has 164 valence electrons. The quantitative estimate of drug-likeness (QED) is 0.578. The van der Waals surface area contributed by atoms with Gasteiger partial charge in [0, 0.05) is 23.6 Å². The number of ketones is 1. The molecule has 1 atom stereocenters. The van der Waals surface area contributed by atoms with Crippen molar-refractivity contribution in [3.63, 3.8) is 0 Å². The Bertz CT molecular complexity index is 1270. The first kappa shape index (κ1) is 21.4. The van der Waals surface area contributed by atoms with E-state index in [1.165, 1.54) is 18.9 Å². The number of benzene rings is 2. The number of nitrogens with zero attached hydrogens (tertiary/aromatic N) is 1. The smallest absolute Gasteiger partial charge is 0.338 e. The number of Topliss-reactive ketones (excluding diaryl/α,β-unsaturated/α-hetero) is 1. The van der Waals surface area contributed by atoms with Gasteiger partial charge in [-0.1, -0.05) is 30.3 Å². The van der Waals surface area contributed by atoms with E-state index in [1.54, 1.807) is 25.1 Å². The number of aliphatic hydroxyl groups is 1. The monoisotopic (exact) mass is 432 g/mol. The zero-order valence-electron chi connectivity index (χ0n) is 18.1. The van der Waals surface area contributed by atoms with Crippen molar-refractivity contribution >= 4 is 28.6 Å². The summed E-state index contributed by atoms with van der Waals surface area (Å²) in [5.41, 5.74) is 3.83. The second-order valence-corrected chi connectivity index (χ2v) is 7.89. The Morgan fingerprint density at radius 1 is 1.19 bits per heavy atom. The molecule has 0 spiro atoms. The van der Waals surface area contributed by atoms with Gasteiger partial charge in [-0.3, -0.25) is 9.59 Å². The van der Waals surface area contributed by atoms with Gasteiger partial charge in [0.1, 0.15) is 0 Å². The van der Waals surface area contributed by atoms with Gasteiger partial charge in [0.25, 0.3) is 5.91 Å². The zero-order chi connectivity index (χ0) is 23.0. The SMILES string of the molecule is COC(=O)c1ccc(C2C(C(C)=O)=C(O)C(=O)N2CCc2c[nH]c3ccccc23)cc1C. The maximum atomic E-state index is 12.9. The summed E-state index contributed by atoms with van der Waals surface area (Å²) < 4.78 is 4.80. The minimum Gasteiger partial charge on any atom is -0.503 e. The Kier molecular flexibility index (Phi) is 5.57. The van der Waals surface area contributed by atoms with Gasteiger partial charge in [0.15, 0.2) is 11.5 Å². The van der Waals surface area contributed by atoms with E-state index >= 15 is 0 Å². The van der Waals surface area contributed by atoms with Crippen LogP contribution in [0.3, 0.4) is 0 Å². The van der Waals surface area contributed by atoms with Crippen molar-refractivity contribution in [1.82, 2.24) is 9.88 Å². The second kappa shape index (κ2) is 8.34. The average Bonchev–Trinajstić information content (AvgIpc) is 3.30. The fraction of sp³-hybridized carbons (Fsp3) is 0.240. The number of carbonyl (C=O) groups is 3. The van der Waals surface area contributed by atoms with Gasteiger partial charge in [0.05, 0.1) is 24.3 Å². The molecule has 0 saturated carbocycles. The van der Waals surface area contributed by atoms with Crippen molar-refractivity contribution in [2.45, 2.75) is 26.3 Å². The lowest BCUT2D eigenvalue weighted by Crippen LogP contribution is -2.33. The molecular weight excluding hydrogens is 408 g/mol. The van der Waals surface area contributed by atoms with Crippen LogP contribution in [0.4, 0.5) is 0 Å². The first-order chi connectivity index (χ1) is 15.3. The number of H-pyrrole nitrogens is 1. The summed E-state index contributed by atoms with van der Waals surface area (Å²) in [4.78, 5) is 42.0. The average molecular weight is 432 g/mol. The molecule has 3 aromatic rings. The normalized spacial score (nSPS) is 16.2. The summed E-state index contributed by atoms with van der Waals surface area (Å²) in [6, 6.07) is 12.2. The van der Waals surface area contributed by atoms with Crippen LogP contribution in [-0.2, 0) is 20.7 Å². The van der Waals surface area contributed by atoms with E-state index < -0.39 is 23.7 Å². The molecule has 1 unspecified atom stereocenters. The number of nitrogens with one attached hydrogen (secondary N) is 1. The molecule has 1 amide bonds. The van der Waals surface area contributed by atoms with Crippen LogP contribution in [0.5, 0.6) is 0 Å². The highest BCUT2D eigenvalue weighted by molar-refractivity contribution is 6.08. The second-order valence-electron chi connectivity index (χ2n) is 7.89. The van der Waals surface area contributed by atoms with Crippen molar-refractivity contribution in [3.8, 4) is 0 Å². The van der Waals surface area contributed by atoms with Gasteiger partial charge < -0.3 is 19.7 Å². The van der Waals surface area contributed by atoms with Crippen LogP contribution in [0.1, 0.15) is 40.0 Å². The topological polar surface area (TPSA) is 99.7 Å². The summed E-state index contributed by atoms with van der Waals surface area (Å²) in [6.07, 6.45) is 2.46. The molecule has 1 aromatic heterocycles. The number of aromatic nitrogens is 1. The molecule has 4 rings (SSSR count). The van der Waals surface area contributed by atoms with Crippen LogP contribution in [-0.4, -0.2) is 46.3 Å². The van der Waals surface area contributed by atoms with Gasteiger partial charge in [-0.15, -0.1) is 0 Å². The van der Waals surface area contributed by atoms with E-state index in [-0.39, 0.29) is 11.4 Å². The van der Waals surface area contributed by atoms with E-state index in [9.17, 15) is 19.5 Å². The predicted octanol–water partition coefficient (Wildman–Crippen LogP) is 3.79. The van der Waals surface area contributed by atoms with E-state index in [1.807, 2.05) is 30.5 Å². The molecule has 7 heteroatoms. The number of ether oxygens (including phenoxy) is 1. The summed E-state index contributed by atoms with van der Waals surface area (Å²) in [5.74, 6) is -1.92. The Balaban J connectivity index is 1.69. The van der Waals surface area contributed by atoms with Crippen molar-refractivity contribution in [2.24, 2.45) is 0 Å². The molecule has 1 aliphatic rings. The van der Waals surface area contributed by atoms with Crippen molar-refractivity contribution < 1.29 is 24.2 Å². The van der Waals surface area contributed by atoms with Crippen LogP contribution < -0.4 is 0 Å². The highest BCUT2D eigenvalue weighted by Crippen LogP contribution is 2.38. The molecule has 0 bridgehead atoms. The number of para-hydroxylation sites is 1. The van der Waals surface area contributed by atoms with Gasteiger partial charge in [-0.2, -0.15) is 0 Å². The van der Waals surface area contributed by atoms with Crippen molar-refractivity contribution in [3.05, 3.63) is 82.2 Å². The Labute approximate surface area is 185 Å². The maximum Gasteiger partial charge on any atom is 0.338 e. The summed E-state index contributed by atoms with van der Waals surface area (Å²) in [5, 5.41) is 11.6. The molecule has 2 N–H and O–H groups in total. The third kappa shape index (κ3) is 3.56. The van der Waals surface area contributed by atoms with E-state index in [2.05, 4.69) is 4.98 Å². The van der Waals surface area contributed by atoms with Gasteiger partial charge in [-0.25, -0.2) is 4.79 Å². The molecule has 1 aliphatic heterocycles. The Morgan fingerprint density at radius 2 is 1.94 bits per heavy atom. The number of aryl methyl sites for hydroxylation is 1. The third-order valence-electron chi connectivity index (χ3n) is 5.95. The fourth-order valence-corrected chi connectivity index (χ4v) is 4.37. The number of hydrogen-bond donors (Lipinski definition) is 2. The molecule has 32 heavy (non-hydrogen) atoms. The van der Waals surface area contributed by atoms with Crippen LogP contribution in [0, 0.1) is 6.92 Å². The van der Waals surface area contributed by atoms with E-state index in [0.717, 1.165) is 16.5 Å². The standard InChI is InChI=1S/C25H24N2O5/c1-14-12-16(8-9-18(14)25(31)32-3)22-21(15(2)28)23(29)24(30)27(22)11-10-17-13-26-20-7-5-4-6-19(17)20/h4-9,12-13,22,26,29H,10-11H2,1-3H3. The minimum absolute atomic E-state index is 0.0687. The van der Waals surface area contributed by atoms with Crippen LogP contribution in [0.25, 0.3) is 10.9 Å².